The van der Waals surface area contributed by atoms with Gasteiger partial charge in [-0.05, 0) is 18.6 Å². The van der Waals surface area contributed by atoms with Crippen LogP contribution in [0, 0.1) is 0 Å². The first-order valence-electron chi connectivity index (χ1n) is 4.69. The zero-order valence-electron chi connectivity index (χ0n) is 8.74. The van der Waals surface area contributed by atoms with Crippen LogP contribution in [0.15, 0.2) is 35.4 Å². The molecular weight excluding hydrogens is 212 g/mol. The Morgan fingerprint density at radius 2 is 2.00 bits per heavy atom. The Labute approximate surface area is 94.5 Å². The van der Waals surface area contributed by atoms with Crippen LogP contribution in [0.1, 0.15) is 19.4 Å². The zero-order valence-corrected chi connectivity index (χ0v) is 9.49. The number of hydrogen-bond acceptors (Lipinski definition) is 2. The Morgan fingerprint density at radius 1 is 1.40 bits per heavy atom. The maximum absolute atomic E-state index is 10.7. The second kappa shape index (κ2) is 5.56. The van der Waals surface area contributed by atoms with E-state index in [0.717, 1.165) is 5.56 Å². The lowest BCUT2D eigenvalue weighted by Gasteiger charge is -2.10. The number of carbonyl (C=O) groups excluding carboxylic acids is 1. The Hall–Kier alpha value is -1.28. The van der Waals surface area contributed by atoms with Gasteiger partial charge in [0.1, 0.15) is 6.10 Å². The number of ether oxygens (including phenoxy) is 1. The Kier molecular flexibility index (Phi) is 4.37. The molecule has 0 radical (unpaired) electrons. The highest BCUT2D eigenvalue weighted by Crippen LogP contribution is 2.16. The summed E-state index contributed by atoms with van der Waals surface area (Å²) in [6.07, 6.45) is 1.39. The standard InChI is InChI=1S/C12H13ClO2/c1-9(15-10(2)14)12(13)8-11-6-4-3-5-7-11/h3-9H,1-2H3/b12-8-. The highest BCUT2D eigenvalue weighted by atomic mass is 35.5. The maximum atomic E-state index is 10.7. The van der Waals surface area contributed by atoms with Crippen molar-refractivity contribution in [1.29, 1.82) is 0 Å². The van der Waals surface area contributed by atoms with Gasteiger partial charge in [-0.15, -0.1) is 0 Å². The van der Waals surface area contributed by atoms with Gasteiger partial charge < -0.3 is 4.74 Å². The van der Waals surface area contributed by atoms with E-state index in [4.69, 9.17) is 16.3 Å². The molecule has 0 heterocycles. The van der Waals surface area contributed by atoms with Gasteiger partial charge in [-0.25, -0.2) is 0 Å². The minimum absolute atomic E-state index is 0.331. The van der Waals surface area contributed by atoms with Crippen molar-refractivity contribution in [2.24, 2.45) is 0 Å². The summed E-state index contributed by atoms with van der Waals surface area (Å²) in [6.45, 7) is 3.10. The van der Waals surface area contributed by atoms with Gasteiger partial charge in [0.25, 0.3) is 0 Å². The number of halogens is 1. The third-order valence-corrected chi connectivity index (χ3v) is 2.25. The van der Waals surface area contributed by atoms with Gasteiger partial charge in [0, 0.05) is 6.92 Å². The van der Waals surface area contributed by atoms with Crippen LogP contribution in [0.3, 0.4) is 0 Å². The minimum Gasteiger partial charge on any atom is -0.457 e. The third-order valence-electron chi connectivity index (χ3n) is 1.84. The van der Waals surface area contributed by atoms with Gasteiger partial charge in [-0.3, -0.25) is 4.79 Å². The van der Waals surface area contributed by atoms with Gasteiger partial charge in [0.2, 0.25) is 0 Å². The normalized spacial score (nSPS) is 13.4. The lowest BCUT2D eigenvalue weighted by molar-refractivity contribution is -0.143. The van der Waals surface area contributed by atoms with E-state index in [-0.39, 0.29) is 5.97 Å². The molecule has 0 aliphatic rings. The molecule has 1 rings (SSSR count). The fourth-order valence-corrected chi connectivity index (χ4v) is 1.30. The molecule has 0 aromatic heterocycles. The van der Waals surface area contributed by atoms with Crippen LogP contribution in [0.4, 0.5) is 0 Å². The van der Waals surface area contributed by atoms with Crippen molar-refractivity contribution in [3.05, 3.63) is 40.9 Å². The summed E-state index contributed by atoms with van der Waals surface area (Å²) < 4.78 is 4.95. The molecule has 0 amide bonds. The van der Waals surface area contributed by atoms with E-state index in [9.17, 15) is 4.79 Å². The topological polar surface area (TPSA) is 26.3 Å². The van der Waals surface area contributed by atoms with Crippen LogP contribution in [-0.4, -0.2) is 12.1 Å². The first-order chi connectivity index (χ1) is 7.09. The van der Waals surface area contributed by atoms with Gasteiger partial charge in [0.15, 0.2) is 0 Å². The molecule has 1 atom stereocenters. The van der Waals surface area contributed by atoms with Crippen LogP contribution in [0.2, 0.25) is 0 Å². The van der Waals surface area contributed by atoms with Gasteiger partial charge >= 0.3 is 5.97 Å². The number of carbonyl (C=O) groups is 1. The summed E-state index contributed by atoms with van der Waals surface area (Å²) in [5.41, 5.74) is 0.988. The number of hydrogen-bond donors (Lipinski definition) is 0. The molecule has 0 bridgehead atoms. The lowest BCUT2D eigenvalue weighted by Crippen LogP contribution is -2.12. The third kappa shape index (κ3) is 4.17. The van der Waals surface area contributed by atoms with Crippen molar-refractivity contribution in [2.75, 3.05) is 0 Å². The van der Waals surface area contributed by atoms with E-state index < -0.39 is 6.10 Å². The smallest absolute Gasteiger partial charge is 0.303 e. The summed E-state index contributed by atoms with van der Waals surface area (Å²) in [5, 5.41) is 0.511. The highest BCUT2D eigenvalue weighted by Gasteiger charge is 2.08. The second-order valence-electron chi connectivity index (χ2n) is 3.19. The SMILES string of the molecule is CC(=O)OC(C)/C(Cl)=C/c1ccccc1. The number of rotatable bonds is 3. The van der Waals surface area contributed by atoms with Crippen LogP contribution >= 0.6 is 11.6 Å². The maximum Gasteiger partial charge on any atom is 0.303 e. The summed E-state index contributed by atoms with van der Waals surface area (Å²) >= 11 is 5.99. The van der Waals surface area contributed by atoms with Crippen molar-refractivity contribution < 1.29 is 9.53 Å². The van der Waals surface area contributed by atoms with Crippen molar-refractivity contribution in [3.63, 3.8) is 0 Å². The molecule has 0 saturated carbocycles. The number of esters is 1. The summed E-state index contributed by atoms with van der Waals surface area (Å²) in [7, 11) is 0. The van der Waals surface area contributed by atoms with E-state index in [1.54, 1.807) is 13.0 Å². The Morgan fingerprint density at radius 3 is 2.53 bits per heavy atom. The minimum atomic E-state index is -0.399. The summed E-state index contributed by atoms with van der Waals surface area (Å²) in [5.74, 6) is -0.331. The molecule has 0 fully saturated rings. The van der Waals surface area contributed by atoms with Gasteiger partial charge in [-0.1, -0.05) is 41.9 Å². The fourth-order valence-electron chi connectivity index (χ4n) is 1.13. The average Bonchev–Trinajstić information content (AvgIpc) is 2.18. The van der Waals surface area contributed by atoms with E-state index in [0.29, 0.717) is 5.03 Å². The molecule has 0 aliphatic carbocycles. The first-order valence-corrected chi connectivity index (χ1v) is 5.06. The Bertz CT molecular complexity index is 357. The van der Waals surface area contributed by atoms with Crippen LogP contribution in [-0.2, 0) is 9.53 Å². The van der Waals surface area contributed by atoms with E-state index in [1.165, 1.54) is 6.92 Å². The van der Waals surface area contributed by atoms with Crippen molar-refractivity contribution in [1.82, 2.24) is 0 Å². The quantitative estimate of drug-likeness (QED) is 0.737. The van der Waals surface area contributed by atoms with E-state index >= 15 is 0 Å². The fraction of sp³-hybridized carbons (Fsp3) is 0.250. The van der Waals surface area contributed by atoms with Crippen molar-refractivity contribution in [2.45, 2.75) is 20.0 Å². The predicted molar refractivity (Wildman–Crippen MR) is 61.5 cm³/mol. The molecule has 15 heavy (non-hydrogen) atoms. The highest BCUT2D eigenvalue weighted by molar-refractivity contribution is 6.32. The molecule has 0 aliphatic heterocycles. The molecule has 3 heteroatoms. The molecule has 1 aromatic carbocycles. The van der Waals surface area contributed by atoms with Crippen molar-refractivity contribution in [3.8, 4) is 0 Å². The van der Waals surface area contributed by atoms with E-state index in [1.807, 2.05) is 30.3 Å². The van der Waals surface area contributed by atoms with Crippen molar-refractivity contribution >= 4 is 23.6 Å². The van der Waals surface area contributed by atoms with E-state index in [2.05, 4.69) is 0 Å². The first kappa shape index (κ1) is 11.8. The van der Waals surface area contributed by atoms with Crippen LogP contribution < -0.4 is 0 Å². The molecule has 0 saturated heterocycles. The lowest BCUT2D eigenvalue weighted by atomic mass is 10.2. The molecule has 0 N–H and O–H groups in total. The van der Waals surface area contributed by atoms with Crippen LogP contribution in [0.5, 0.6) is 0 Å². The van der Waals surface area contributed by atoms with Gasteiger partial charge in [0.05, 0.1) is 5.03 Å². The Balaban J connectivity index is 2.71. The molecule has 1 unspecified atom stereocenters. The number of benzene rings is 1. The monoisotopic (exact) mass is 224 g/mol. The largest absolute Gasteiger partial charge is 0.457 e. The van der Waals surface area contributed by atoms with Gasteiger partial charge in [-0.2, -0.15) is 0 Å². The van der Waals surface area contributed by atoms with Crippen LogP contribution in [0.25, 0.3) is 6.08 Å². The second-order valence-corrected chi connectivity index (χ2v) is 3.63. The molecule has 80 valence electrons. The zero-order chi connectivity index (χ0) is 11.3. The summed E-state index contributed by atoms with van der Waals surface area (Å²) in [6, 6.07) is 9.64. The molecule has 2 nitrogen and oxygen atoms in total. The molecule has 0 spiro atoms. The average molecular weight is 225 g/mol. The molecule has 1 aromatic rings. The predicted octanol–water partition coefficient (Wildman–Crippen LogP) is 3.22. The summed E-state index contributed by atoms with van der Waals surface area (Å²) in [4.78, 5) is 10.7. The molecular formula is C12H13ClO2.